The largest absolute Gasteiger partial charge is 0.396 e. The van der Waals surface area contributed by atoms with Crippen LogP contribution in [0.4, 0.5) is 0 Å². The van der Waals surface area contributed by atoms with Crippen LogP contribution in [0.1, 0.15) is 72.6 Å². The van der Waals surface area contributed by atoms with Gasteiger partial charge < -0.3 is 25.2 Å². The first kappa shape index (κ1) is 19.3. The maximum absolute atomic E-state index is 11.1. The summed E-state index contributed by atoms with van der Waals surface area (Å²) in [7, 11) is 0. The van der Waals surface area contributed by atoms with Crippen LogP contribution >= 0.6 is 0 Å². The van der Waals surface area contributed by atoms with E-state index in [9.17, 15) is 20.4 Å². The molecule has 0 aromatic heterocycles. The van der Waals surface area contributed by atoms with E-state index < -0.39 is 28.5 Å². The Labute approximate surface area is 150 Å². The Hall–Kier alpha value is -0.460. The second-order valence-electron chi connectivity index (χ2n) is 9.98. The van der Waals surface area contributed by atoms with Gasteiger partial charge in [0.1, 0.15) is 0 Å². The summed E-state index contributed by atoms with van der Waals surface area (Å²) in [5.74, 6) is 0. The molecule has 5 unspecified atom stereocenters. The third-order valence-electron chi connectivity index (χ3n) is 6.80. The Bertz CT molecular complexity index is 567. The first-order chi connectivity index (χ1) is 11.4. The van der Waals surface area contributed by atoms with Gasteiger partial charge in [-0.3, -0.25) is 0 Å². The summed E-state index contributed by atoms with van der Waals surface area (Å²) in [4.78, 5) is 0. The van der Waals surface area contributed by atoms with Crippen LogP contribution in [-0.4, -0.2) is 50.1 Å². The van der Waals surface area contributed by atoms with Crippen molar-refractivity contribution in [3.05, 3.63) is 11.6 Å². The molecule has 5 atom stereocenters. The topological polar surface area (TPSA) is 90.2 Å². The highest BCUT2D eigenvalue weighted by Crippen LogP contribution is 2.59. The van der Waals surface area contributed by atoms with Crippen LogP contribution in [-0.2, 0) is 4.74 Å². The fourth-order valence-electron chi connectivity index (χ4n) is 5.83. The van der Waals surface area contributed by atoms with E-state index in [1.54, 1.807) is 0 Å². The minimum atomic E-state index is -1.15. The summed E-state index contributed by atoms with van der Waals surface area (Å²) in [5.41, 5.74) is -2.89. The van der Waals surface area contributed by atoms with E-state index in [1.807, 2.05) is 33.8 Å². The number of hydrogen-bond donors (Lipinski definition) is 4. The number of ether oxygens (including phenoxy) is 1. The van der Waals surface area contributed by atoms with Crippen molar-refractivity contribution in [3.8, 4) is 0 Å². The molecule has 0 aromatic carbocycles. The van der Waals surface area contributed by atoms with E-state index in [2.05, 4.69) is 0 Å². The molecule has 4 rings (SSSR count). The molecule has 0 amide bonds. The highest BCUT2D eigenvalue weighted by Gasteiger charge is 2.62. The summed E-state index contributed by atoms with van der Waals surface area (Å²) >= 11 is 0. The Morgan fingerprint density at radius 3 is 2.32 bits per heavy atom. The average molecular weight is 354 g/mol. The molecule has 2 saturated carbocycles. The van der Waals surface area contributed by atoms with E-state index in [-0.39, 0.29) is 12.0 Å². The molecule has 144 valence electrons. The fraction of sp³-hybridized carbons (Fsp3) is 0.900. The van der Waals surface area contributed by atoms with E-state index in [0.717, 1.165) is 12.0 Å². The zero-order valence-corrected chi connectivity index (χ0v) is 16.0. The van der Waals surface area contributed by atoms with Crippen molar-refractivity contribution in [1.82, 2.24) is 0 Å². The molecule has 4 bridgehead atoms. The number of aliphatic hydroxyl groups is 4. The van der Waals surface area contributed by atoms with Crippen molar-refractivity contribution in [2.75, 3.05) is 6.61 Å². The van der Waals surface area contributed by atoms with Crippen LogP contribution in [0, 0.1) is 10.8 Å². The molecule has 4 aliphatic carbocycles. The molecule has 4 aliphatic rings. The van der Waals surface area contributed by atoms with Crippen molar-refractivity contribution < 1.29 is 25.2 Å². The third kappa shape index (κ3) is 3.08. The van der Waals surface area contributed by atoms with Gasteiger partial charge in [-0.1, -0.05) is 45.8 Å². The number of hydrogen-bond acceptors (Lipinski definition) is 5. The first-order valence-corrected chi connectivity index (χ1v) is 9.53. The van der Waals surface area contributed by atoms with Gasteiger partial charge in [-0.2, -0.15) is 0 Å². The minimum Gasteiger partial charge on any atom is -0.396 e. The molecule has 5 nitrogen and oxygen atoms in total. The summed E-state index contributed by atoms with van der Waals surface area (Å²) in [5, 5.41) is 42.9. The van der Waals surface area contributed by atoms with Crippen LogP contribution in [0.25, 0.3) is 0 Å². The zero-order valence-electron chi connectivity index (χ0n) is 16.0. The van der Waals surface area contributed by atoms with Crippen molar-refractivity contribution in [1.29, 1.82) is 0 Å². The fourth-order valence-corrected chi connectivity index (χ4v) is 5.83. The van der Waals surface area contributed by atoms with Crippen molar-refractivity contribution in [3.63, 3.8) is 0 Å². The minimum absolute atomic E-state index is 0.168. The van der Waals surface area contributed by atoms with Gasteiger partial charge in [0.05, 0.1) is 23.4 Å². The van der Waals surface area contributed by atoms with Gasteiger partial charge in [0.15, 0.2) is 6.29 Å². The smallest absolute Gasteiger partial charge is 0.163 e. The summed E-state index contributed by atoms with van der Waals surface area (Å²) in [6.45, 7) is 7.89. The van der Waals surface area contributed by atoms with Gasteiger partial charge in [-0.25, -0.2) is 0 Å². The lowest BCUT2D eigenvalue weighted by Crippen LogP contribution is -2.65. The van der Waals surface area contributed by atoms with E-state index in [4.69, 9.17) is 4.74 Å². The van der Waals surface area contributed by atoms with Gasteiger partial charge in [-0.15, -0.1) is 0 Å². The Morgan fingerprint density at radius 2 is 1.84 bits per heavy atom. The van der Waals surface area contributed by atoms with Crippen LogP contribution in [0.3, 0.4) is 0 Å². The normalized spacial score (nSPS) is 40.7. The molecule has 0 saturated heterocycles. The molecular weight excluding hydrogens is 320 g/mol. The Kier molecular flexibility index (Phi) is 4.45. The van der Waals surface area contributed by atoms with Crippen LogP contribution in [0.15, 0.2) is 11.6 Å². The van der Waals surface area contributed by atoms with Crippen molar-refractivity contribution in [2.45, 2.75) is 95.7 Å². The predicted octanol–water partition coefficient (Wildman–Crippen LogP) is 2.27. The average Bonchev–Trinajstić information content (AvgIpc) is 2.38. The first-order valence-electron chi connectivity index (χ1n) is 9.53. The maximum Gasteiger partial charge on any atom is 0.163 e. The number of aliphatic hydroxyl groups excluding tert-OH is 2. The number of rotatable bonds is 6. The van der Waals surface area contributed by atoms with Gasteiger partial charge >= 0.3 is 0 Å². The molecule has 5 heteroatoms. The molecule has 25 heavy (non-hydrogen) atoms. The van der Waals surface area contributed by atoms with E-state index in [1.165, 1.54) is 0 Å². The monoisotopic (exact) mass is 354 g/mol. The molecule has 4 N–H and O–H groups in total. The summed E-state index contributed by atoms with van der Waals surface area (Å²) < 4.78 is 6.25. The molecular formula is C20H34O5. The molecule has 0 spiro atoms. The van der Waals surface area contributed by atoms with Crippen LogP contribution in [0.2, 0.25) is 0 Å². The lowest BCUT2D eigenvalue weighted by molar-refractivity contribution is -0.305. The Balaban J connectivity index is 1.90. The second-order valence-corrected chi connectivity index (χ2v) is 9.98. The molecule has 0 radical (unpaired) electrons. The van der Waals surface area contributed by atoms with Gasteiger partial charge in [-0.05, 0) is 24.7 Å². The summed E-state index contributed by atoms with van der Waals surface area (Å²) in [6.07, 6.45) is 4.55. The Morgan fingerprint density at radius 1 is 1.16 bits per heavy atom. The quantitative estimate of drug-likeness (QED) is 0.434. The highest BCUT2D eigenvalue weighted by atomic mass is 16.6. The molecule has 0 heterocycles. The predicted molar refractivity (Wildman–Crippen MR) is 94.8 cm³/mol. The highest BCUT2D eigenvalue weighted by molar-refractivity contribution is 5.33. The van der Waals surface area contributed by atoms with Gasteiger partial charge in [0, 0.05) is 24.7 Å². The third-order valence-corrected chi connectivity index (χ3v) is 6.80. The molecule has 0 aliphatic heterocycles. The SMILES string of the molecule is CCCC(CO)(C(O)OC12CC3=CC(O)(CC(O)(C3)C1)C2)C(C)(C)C. The van der Waals surface area contributed by atoms with Crippen LogP contribution < -0.4 is 0 Å². The van der Waals surface area contributed by atoms with E-state index in [0.29, 0.717) is 38.5 Å². The van der Waals surface area contributed by atoms with Crippen LogP contribution in [0.5, 0.6) is 0 Å². The second kappa shape index (κ2) is 5.77. The molecule has 0 aromatic rings. The molecule has 2 fully saturated rings. The lowest BCUT2D eigenvalue weighted by atomic mass is 9.54. The summed E-state index contributed by atoms with van der Waals surface area (Å²) in [6, 6.07) is 0. The zero-order chi connectivity index (χ0) is 18.7. The standard InChI is InChI=1S/C20H34O5/c1-5-6-20(13-21,16(2,3)4)15(22)25-19-9-14-7-17(23,11-19)10-18(24,8-14)12-19/h7,15,21-24H,5-6,8-13H2,1-4H3. The lowest BCUT2D eigenvalue weighted by Gasteiger charge is -2.60. The van der Waals surface area contributed by atoms with Gasteiger partial charge in [0.25, 0.3) is 0 Å². The maximum atomic E-state index is 11.1. The van der Waals surface area contributed by atoms with E-state index >= 15 is 0 Å². The van der Waals surface area contributed by atoms with Gasteiger partial charge in [0.2, 0.25) is 0 Å². The van der Waals surface area contributed by atoms with Crippen molar-refractivity contribution >= 4 is 0 Å². The van der Waals surface area contributed by atoms with Crippen molar-refractivity contribution in [2.24, 2.45) is 10.8 Å².